The molecule has 2 heteroatoms. The summed E-state index contributed by atoms with van der Waals surface area (Å²) in [5, 5.41) is 0. The lowest BCUT2D eigenvalue weighted by Gasteiger charge is -2.02. The third-order valence-electron chi connectivity index (χ3n) is 2.44. The lowest BCUT2D eigenvalue weighted by atomic mass is 10.2. The molecule has 0 radical (unpaired) electrons. The molecule has 2 aromatic heterocycles. The van der Waals surface area contributed by atoms with Gasteiger partial charge in [-0.1, -0.05) is 25.3 Å². The Bertz CT molecular complexity index is 495. The number of aromatic nitrogens is 2. The maximum atomic E-state index is 4.46. The highest BCUT2D eigenvalue weighted by Gasteiger charge is 2.00. The first-order valence-electron chi connectivity index (χ1n) is 5.48. The summed E-state index contributed by atoms with van der Waals surface area (Å²) in [6.07, 6.45) is 4.22. The molecular weight excluding hydrogens is 208 g/mol. The Morgan fingerprint density at radius 2 is 1.29 bits per heavy atom. The van der Waals surface area contributed by atoms with E-state index in [1.807, 2.05) is 36.4 Å². The molecular formula is C15H14N2. The fourth-order valence-corrected chi connectivity index (χ4v) is 1.61. The van der Waals surface area contributed by atoms with E-state index in [1.54, 1.807) is 12.2 Å². The minimum atomic E-state index is 0.726. The van der Waals surface area contributed by atoms with Crippen molar-refractivity contribution in [3.05, 3.63) is 72.3 Å². The van der Waals surface area contributed by atoms with Gasteiger partial charge in [0.25, 0.3) is 0 Å². The normalized spacial score (nSPS) is 9.88. The topological polar surface area (TPSA) is 25.8 Å². The van der Waals surface area contributed by atoms with Crippen LogP contribution in [0.3, 0.4) is 0 Å². The minimum absolute atomic E-state index is 0.726. The van der Waals surface area contributed by atoms with E-state index in [9.17, 15) is 0 Å². The molecule has 0 saturated carbocycles. The van der Waals surface area contributed by atoms with Crippen molar-refractivity contribution >= 4 is 12.2 Å². The fourth-order valence-electron chi connectivity index (χ4n) is 1.61. The van der Waals surface area contributed by atoms with Gasteiger partial charge in [0, 0.05) is 17.8 Å². The molecule has 84 valence electrons. The molecule has 0 aliphatic heterocycles. The van der Waals surface area contributed by atoms with Crippen LogP contribution in [0.4, 0.5) is 0 Å². The standard InChI is InChI=1S/C15H14N2/c1-3-12-7-5-9-14(16-12)11-15-10-6-8-13(4-2)17-15/h3-10H,1-2,11H2. The van der Waals surface area contributed by atoms with E-state index in [0.717, 1.165) is 29.2 Å². The first-order valence-corrected chi connectivity index (χ1v) is 5.48. The monoisotopic (exact) mass is 222 g/mol. The molecule has 2 heterocycles. The predicted octanol–water partition coefficient (Wildman–Crippen LogP) is 3.35. The van der Waals surface area contributed by atoms with Crippen LogP contribution in [0.2, 0.25) is 0 Å². The van der Waals surface area contributed by atoms with Gasteiger partial charge >= 0.3 is 0 Å². The summed E-state index contributed by atoms with van der Waals surface area (Å²) in [6, 6.07) is 11.8. The van der Waals surface area contributed by atoms with E-state index in [1.165, 1.54) is 0 Å². The molecule has 0 spiro atoms. The van der Waals surface area contributed by atoms with Crippen molar-refractivity contribution in [3.63, 3.8) is 0 Å². The van der Waals surface area contributed by atoms with E-state index in [2.05, 4.69) is 23.1 Å². The average molecular weight is 222 g/mol. The average Bonchev–Trinajstić information content (AvgIpc) is 2.39. The lowest BCUT2D eigenvalue weighted by Crippen LogP contribution is -1.97. The van der Waals surface area contributed by atoms with Gasteiger partial charge < -0.3 is 0 Å². The van der Waals surface area contributed by atoms with Gasteiger partial charge in [0.15, 0.2) is 0 Å². The summed E-state index contributed by atoms with van der Waals surface area (Å²) in [7, 11) is 0. The van der Waals surface area contributed by atoms with Gasteiger partial charge in [-0.05, 0) is 36.4 Å². The molecule has 0 aromatic carbocycles. The van der Waals surface area contributed by atoms with Crippen molar-refractivity contribution in [1.82, 2.24) is 9.97 Å². The van der Waals surface area contributed by atoms with Crippen LogP contribution in [-0.4, -0.2) is 9.97 Å². The number of rotatable bonds is 4. The predicted molar refractivity (Wildman–Crippen MR) is 71.5 cm³/mol. The van der Waals surface area contributed by atoms with Crippen molar-refractivity contribution in [2.45, 2.75) is 6.42 Å². The molecule has 0 amide bonds. The van der Waals surface area contributed by atoms with Gasteiger partial charge in [0.2, 0.25) is 0 Å². The Labute approximate surface area is 101 Å². The highest BCUT2D eigenvalue weighted by Crippen LogP contribution is 2.08. The molecule has 0 atom stereocenters. The molecule has 0 unspecified atom stereocenters. The molecule has 2 nitrogen and oxygen atoms in total. The fraction of sp³-hybridized carbons (Fsp3) is 0.0667. The Morgan fingerprint density at radius 3 is 1.71 bits per heavy atom. The van der Waals surface area contributed by atoms with Gasteiger partial charge in [-0.3, -0.25) is 9.97 Å². The van der Waals surface area contributed by atoms with Crippen molar-refractivity contribution in [2.24, 2.45) is 0 Å². The first kappa shape index (κ1) is 11.3. The summed E-state index contributed by atoms with van der Waals surface area (Å²) in [5.41, 5.74) is 3.77. The van der Waals surface area contributed by atoms with E-state index in [4.69, 9.17) is 0 Å². The second-order valence-corrected chi connectivity index (χ2v) is 3.69. The van der Waals surface area contributed by atoms with Crippen molar-refractivity contribution in [1.29, 1.82) is 0 Å². The molecule has 0 aliphatic rings. The Morgan fingerprint density at radius 1 is 0.824 bits per heavy atom. The maximum absolute atomic E-state index is 4.46. The number of hydrogen-bond donors (Lipinski definition) is 0. The van der Waals surface area contributed by atoms with Gasteiger partial charge in [-0.2, -0.15) is 0 Å². The van der Waals surface area contributed by atoms with E-state index < -0.39 is 0 Å². The number of pyridine rings is 2. The Balaban J connectivity index is 2.24. The van der Waals surface area contributed by atoms with E-state index in [-0.39, 0.29) is 0 Å². The van der Waals surface area contributed by atoms with Crippen LogP contribution in [-0.2, 0) is 6.42 Å². The lowest BCUT2D eigenvalue weighted by molar-refractivity contribution is 1.00. The largest absolute Gasteiger partial charge is 0.253 e. The zero-order valence-electron chi connectivity index (χ0n) is 9.63. The van der Waals surface area contributed by atoms with Crippen LogP contribution in [0, 0.1) is 0 Å². The highest BCUT2D eigenvalue weighted by atomic mass is 14.7. The summed E-state index contributed by atoms with van der Waals surface area (Å²) in [6.45, 7) is 7.43. The maximum Gasteiger partial charge on any atom is 0.0627 e. The van der Waals surface area contributed by atoms with E-state index in [0.29, 0.717) is 0 Å². The number of hydrogen-bond acceptors (Lipinski definition) is 2. The zero-order valence-corrected chi connectivity index (χ0v) is 9.63. The smallest absolute Gasteiger partial charge is 0.0627 e. The van der Waals surface area contributed by atoms with Gasteiger partial charge in [0.1, 0.15) is 0 Å². The Kier molecular flexibility index (Phi) is 3.46. The summed E-state index contributed by atoms with van der Waals surface area (Å²) in [5.74, 6) is 0. The van der Waals surface area contributed by atoms with Crippen LogP contribution in [0.15, 0.2) is 49.6 Å². The summed E-state index contributed by atoms with van der Waals surface area (Å²) in [4.78, 5) is 8.92. The van der Waals surface area contributed by atoms with Crippen LogP contribution < -0.4 is 0 Å². The molecule has 0 N–H and O–H groups in total. The minimum Gasteiger partial charge on any atom is -0.253 e. The molecule has 0 bridgehead atoms. The van der Waals surface area contributed by atoms with Gasteiger partial charge in [-0.15, -0.1) is 0 Å². The third kappa shape index (κ3) is 2.88. The Hall–Kier alpha value is -2.22. The first-order chi connectivity index (χ1) is 8.31. The van der Waals surface area contributed by atoms with Crippen LogP contribution in [0.25, 0.3) is 12.2 Å². The van der Waals surface area contributed by atoms with Gasteiger partial charge in [0.05, 0.1) is 11.4 Å². The second kappa shape index (κ2) is 5.21. The SMILES string of the molecule is C=Cc1cccc(Cc2cccc(C=C)n2)n1. The molecule has 2 rings (SSSR count). The third-order valence-corrected chi connectivity index (χ3v) is 2.44. The van der Waals surface area contributed by atoms with Crippen molar-refractivity contribution in [2.75, 3.05) is 0 Å². The van der Waals surface area contributed by atoms with Crippen molar-refractivity contribution < 1.29 is 0 Å². The second-order valence-electron chi connectivity index (χ2n) is 3.69. The van der Waals surface area contributed by atoms with Crippen LogP contribution >= 0.6 is 0 Å². The van der Waals surface area contributed by atoms with Crippen LogP contribution in [0.1, 0.15) is 22.8 Å². The van der Waals surface area contributed by atoms with Crippen molar-refractivity contribution in [3.8, 4) is 0 Å². The summed E-state index contributed by atoms with van der Waals surface area (Å²) >= 11 is 0. The number of nitrogens with zero attached hydrogens (tertiary/aromatic N) is 2. The van der Waals surface area contributed by atoms with E-state index >= 15 is 0 Å². The van der Waals surface area contributed by atoms with Crippen LogP contribution in [0.5, 0.6) is 0 Å². The zero-order chi connectivity index (χ0) is 12.1. The van der Waals surface area contributed by atoms with Gasteiger partial charge in [-0.25, -0.2) is 0 Å². The molecule has 0 aliphatic carbocycles. The summed E-state index contributed by atoms with van der Waals surface area (Å²) < 4.78 is 0. The molecule has 0 saturated heterocycles. The molecule has 17 heavy (non-hydrogen) atoms. The quantitative estimate of drug-likeness (QED) is 0.792. The highest BCUT2D eigenvalue weighted by molar-refractivity contribution is 5.43. The molecule has 0 fully saturated rings. The molecule has 2 aromatic rings.